The molecule has 0 aromatic rings. The molecule has 0 bridgehead atoms. The Kier molecular flexibility index (Phi) is 14.2. The van der Waals surface area contributed by atoms with Gasteiger partial charge in [-0.25, -0.2) is 0 Å². The normalized spacial score (nSPS) is 20.5. The van der Waals surface area contributed by atoms with Gasteiger partial charge < -0.3 is 51.6 Å². The number of carboxylic acids is 2. The average molecular weight is 286 g/mol. The minimum atomic E-state index is -2.44. The minimum absolute atomic E-state index is 0. The molecule has 116 valence electrons. The number of aliphatic carboxylic acids is 2. The molecule has 0 aromatic heterocycles. The molecule has 0 saturated carbocycles. The molecule has 0 spiro atoms. The first kappa shape index (κ1) is 22.8. The molecule has 0 aromatic carbocycles. The van der Waals surface area contributed by atoms with Crippen LogP contribution in [-0.4, -0.2) is 71.0 Å². The van der Waals surface area contributed by atoms with Gasteiger partial charge in [0.1, 0.15) is 37.9 Å². The molecular formula is C9H22N2O8. The predicted octanol–water partition coefficient (Wildman–Crippen LogP) is -8.93. The van der Waals surface area contributed by atoms with E-state index in [9.17, 15) is 19.8 Å². The molecule has 10 heteroatoms. The van der Waals surface area contributed by atoms with E-state index in [0.29, 0.717) is 0 Å². The van der Waals surface area contributed by atoms with Gasteiger partial charge in [-0.05, 0) is 6.92 Å². The highest BCUT2D eigenvalue weighted by molar-refractivity contribution is 5.80. The summed E-state index contributed by atoms with van der Waals surface area (Å²) in [5, 5.41) is 40.5. The summed E-state index contributed by atoms with van der Waals surface area (Å²) in [5.41, 5.74) is 0. The Morgan fingerprint density at radius 2 is 1.53 bits per heavy atom. The van der Waals surface area contributed by atoms with E-state index in [-0.39, 0.29) is 11.0 Å². The van der Waals surface area contributed by atoms with Gasteiger partial charge in [0.05, 0.1) is 11.9 Å². The van der Waals surface area contributed by atoms with E-state index in [1.165, 1.54) is 19.6 Å². The fraction of sp³-hybridized carbons (Fsp3) is 0.778. The van der Waals surface area contributed by atoms with Gasteiger partial charge >= 0.3 is 0 Å². The Hall–Kier alpha value is -1.30. The van der Waals surface area contributed by atoms with Crippen molar-refractivity contribution < 1.29 is 51.6 Å². The standard InChI is InChI=1S/C5H12N2.C4H6O6.2H2O/c1-5-4-6-2-3-7-5;5-1(3(7)8)2(6)4(9)10;;/h5-7H,2-4H2,1H3;1-2,5-6H,(H,7,8)(H,9,10);2*1H2/t5-;1-,2-;;/m00../s1. The second kappa shape index (κ2) is 11.8. The van der Waals surface area contributed by atoms with E-state index in [0.717, 1.165) is 6.04 Å². The Balaban J connectivity index is -0.000000253. The van der Waals surface area contributed by atoms with Crippen LogP contribution >= 0.6 is 0 Å². The smallest absolute Gasteiger partial charge is 0.133 e. The maximum absolute atomic E-state index is 9.63. The zero-order chi connectivity index (χ0) is 13.4. The van der Waals surface area contributed by atoms with Crippen LogP contribution in [0.5, 0.6) is 0 Å². The van der Waals surface area contributed by atoms with Crippen LogP contribution in [0, 0.1) is 0 Å². The van der Waals surface area contributed by atoms with Crippen molar-refractivity contribution in [1.82, 2.24) is 0 Å². The second-order valence-electron chi connectivity index (χ2n) is 3.84. The molecule has 1 aliphatic heterocycles. The van der Waals surface area contributed by atoms with Crippen molar-refractivity contribution in [2.45, 2.75) is 25.2 Å². The fourth-order valence-electron chi connectivity index (χ4n) is 1.23. The zero-order valence-corrected chi connectivity index (χ0v) is 10.5. The zero-order valence-electron chi connectivity index (χ0n) is 10.5. The van der Waals surface area contributed by atoms with Crippen LogP contribution in [0.4, 0.5) is 0 Å². The third-order valence-corrected chi connectivity index (χ3v) is 2.26. The highest BCUT2D eigenvalue weighted by Gasteiger charge is 2.17. The first-order chi connectivity index (χ1) is 7.86. The van der Waals surface area contributed by atoms with Gasteiger partial charge in [-0.1, -0.05) is 0 Å². The molecule has 0 amide bonds. The van der Waals surface area contributed by atoms with Crippen molar-refractivity contribution in [2.75, 3.05) is 19.6 Å². The summed E-state index contributed by atoms with van der Waals surface area (Å²) in [6, 6.07) is 0.855. The van der Waals surface area contributed by atoms with Gasteiger partial charge in [0, 0.05) is 0 Å². The Morgan fingerprint density at radius 1 is 1.11 bits per heavy atom. The number of aliphatic hydroxyl groups is 2. The highest BCUT2D eigenvalue weighted by Crippen LogP contribution is 1.88. The number of rotatable bonds is 3. The molecule has 0 unspecified atom stereocenters. The lowest BCUT2D eigenvalue weighted by Gasteiger charge is -2.18. The van der Waals surface area contributed by atoms with Gasteiger partial charge in [0.15, 0.2) is 0 Å². The number of hydrogen-bond acceptors (Lipinski definition) is 6. The van der Waals surface area contributed by atoms with Crippen LogP contribution in [0.3, 0.4) is 0 Å². The number of hydrogen-bond donors (Lipinski definition) is 4. The largest absolute Gasteiger partial charge is 0.547 e. The summed E-state index contributed by atoms with van der Waals surface area (Å²) in [6.45, 7) is 6.20. The molecule has 3 atom stereocenters. The van der Waals surface area contributed by atoms with Crippen molar-refractivity contribution in [3.8, 4) is 0 Å². The Morgan fingerprint density at radius 3 is 1.68 bits per heavy atom. The second-order valence-corrected chi connectivity index (χ2v) is 3.84. The van der Waals surface area contributed by atoms with Crippen molar-refractivity contribution in [2.24, 2.45) is 0 Å². The molecule has 19 heavy (non-hydrogen) atoms. The lowest BCUT2D eigenvalue weighted by molar-refractivity contribution is -0.808. The molecule has 1 saturated heterocycles. The van der Waals surface area contributed by atoms with Gasteiger partial charge in [-0.3, -0.25) is 0 Å². The lowest BCUT2D eigenvalue weighted by atomic mass is 10.2. The van der Waals surface area contributed by atoms with Gasteiger partial charge in [-0.2, -0.15) is 0 Å². The molecular weight excluding hydrogens is 264 g/mol. The molecule has 0 radical (unpaired) electrons. The van der Waals surface area contributed by atoms with Crippen LogP contribution in [0.15, 0.2) is 0 Å². The van der Waals surface area contributed by atoms with E-state index in [4.69, 9.17) is 10.2 Å². The maximum Gasteiger partial charge on any atom is 0.133 e. The van der Waals surface area contributed by atoms with Crippen molar-refractivity contribution >= 4 is 11.9 Å². The van der Waals surface area contributed by atoms with Crippen LogP contribution < -0.4 is 20.8 Å². The van der Waals surface area contributed by atoms with Gasteiger partial charge in [0.25, 0.3) is 0 Å². The monoisotopic (exact) mass is 286 g/mol. The van der Waals surface area contributed by atoms with Gasteiger partial charge in [0.2, 0.25) is 0 Å². The first-order valence-electron chi connectivity index (χ1n) is 5.29. The van der Waals surface area contributed by atoms with Crippen LogP contribution in [-0.2, 0) is 9.59 Å². The molecule has 0 aliphatic carbocycles. The third kappa shape index (κ3) is 10.3. The number of carbonyl (C=O) groups excluding carboxylic acids is 2. The topological polar surface area (TPSA) is 217 Å². The number of quaternary nitrogens is 2. The number of piperazine rings is 1. The summed E-state index contributed by atoms with van der Waals surface area (Å²) in [4.78, 5) is 19.3. The molecule has 1 rings (SSSR count). The summed E-state index contributed by atoms with van der Waals surface area (Å²) in [7, 11) is 0. The molecule has 1 fully saturated rings. The highest BCUT2D eigenvalue weighted by atomic mass is 16.4. The third-order valence-electron chi connectivity index (χ3n) is 2.26. The maximum atomic E-state index is 9.63. The Labute approximate surface area is 109 Å². The van der Waals surface area contributed by atoms with E-state index in [1.807, 2.05) is 0 Å². The Bertz CT molecular complexity index is 239. The lowest BCUT2D eigenvalue weighted by Crippen LogP contribution is -3.07. The summed E-state index contributed by atoms with van der Waals surface area (Å²) in [5.74, 6) is -4.12. The predicted molar refractivity (Wildman–Crippen MR) is 57.2 cm³/mol. The van der Waals surface area contributed by atoms with Crippen molar-refractivity contribution in [1.29, 1.82) is 0 Å². The van der Waals surface area contributed by atoms with E-state index in [2.05, 4.69) is 17.6 Å². The number of carboxylic acid groups (broad SMARTS) is 2. The van der Waals surface area contributed by atoms with Gasteiger partial charge in [-0.15, -0.1) is 0 Å². The summed E-state index contributed by atoms with van der Waals surface area (Å²) < 4.78 is 0. The minimum Gasteiger partial charge on any atom is -0.547 e. The van der Waals surface area contributed by atoms with Crippen molar-refractivity contribution in [3.63, 3.8) is 0 Å². The van der Waals surface area contributed by atoms with Crippen LogP contribution in [0.2, 0.25) is 0 Å². The van der Waals surface area contributed by atoms with Crippen LogP contribution in [0.1, 0.15) is 6.92 Å². The first-order valence-corrected chi connectivity index (χ1v) is 5.29. The number of aliphatic hydroxyl groups excluding tert-OH is 2. The van der Waals surface area contributed by atoms with Crippen LogP contribution in [0.25, 0.3) is 0 Å². The summed E-state index contributed by atoms with van der Waals surface area (Å²) in [6.07, 6.45) is -4.88. The number of nitrogens with two attached hydrogens (primary N) is 2. The summed E-state index contributed by atoms with van der Waals surface area (Å²) >= 11 is 0. The molecule has 10 nitrogen and oxygen atoms in total. The average Bonchev–Trinajstić information content (AvgIpc) is 2.28. The van der Waals surface area contributed by atoms with E-state index in [1.54, 1.807) is 0 Å². The molecule has 10 N–H and O–H groups in total. The molecule has 1 aliphatic rings. The van der Waals surface area contributed by atoms with Crippen molar-refractivity contribution in [3.05, 3.63) is 0 Å². The van der Waals surface area contributed by atoms with E-state index < -0.39 is 24.1 Å². The number of carbonyl (C=O) groups is 2. The molecule has 1 heterocycles. The SMILES string of the molecule is C[C@H]1C[NH2+]CC[NH2+]1.O.O.O=C([O-])[C@@H](O)[C@H](O)C(=O)[O-]. The van der Waals surface area contributed by atoms with E-state index >= 15 is 0 Å². The quantitative estimate of drug-likeness (QED) is 0.394. The fourth-order valence-corrected chi connectivity index (χ4v) is 1.23.